The van der Waals surface area contributed by atoms with Crippen molar-refractivity contribution in [1.82, 2.24) is 9.97 Å². The summed E-state index contributed by atoms with van der Waals surface area (Å²) in [6.45, 7) is 4.04. The molecule has 0 aliphatic heterocycles. The first-order valence-electron chi connectivity index (χ1n) is 5.29. The Hall–Kier alpha value is -1.22. The SMILES string of the molecule is CCc1cnc(C)nc1-c1cccc(Br)c1. The molecule has 2 nitrogen and oxygen atoms in total. The third kappa shape index (κ3) is 2.30. The zero-order valence-electron chi connectivity index (χ0n) is 9.37. The van der Waals surface area contributed by atoms with E-state index in [4.69, 9.17) is 0 Å². The van der Waals surface area contributed by atoms with Gasteiger partial charge in [0.2, 0.25) is 0 Å². The first-order valence-corrected chi connectivity index (χ1v) is 6.08. The third-order valence-electron chi connectivity index (χ3n) is 2.46. The van der Waals surface area contributed by atoms with Crippen molar-refractivity contribution in [1.29, 1.82) is 0 Å². The molecule has 0 unspecified atom stereocenters. The standard InChI is InChI=1S/C13H13BrN2/c1-3-10-8-15-9(2)16-13(10)11-5-4-6-12(14)7-11/h4-8H,3H2,1-2H3. The van der Waals surface area contributed by atoms with Gasteiger partial charge in [0, 0.05) is 16.2 Å². The summed E-state index contributed by atoms with van der Waals surface area (Å²) in [5.41, 5.74) is 3.36. The van der Waals surface area contributed by atoms with Crippen molar-refractivity contribution < 1.29 is 0 Å². The maximum absolute atomic E-state index is 4.52. The Morgan fingerprint density at radius 2 is 2.12 bits per heavy atom. The predicted molar refractivity (Wildman–Crippen MR) is 69.3 cm³/mol. The van der Waals surface area contributed by atoms with Crippen LogP contribution in [0.1, 0.15) is 18.3 Å². The summed E-state index contributed by atoms with van der Waals surface area (Å²) in [5.74, 6) is 0.812. The van der Waals surface area contributed by atoms with Crippen LogP contribution < -0.4 is 0 Å². The van der Waals surface area contributed by atoms with Crippen LogP contribution in [0.15, 0.2) is 34.9 Å². The van der Waals surface area contributed by atoms with Crippen LogP contribution in [0.5, 0.6) is 0 Å². The lowest BCUT2D eigenvalue weighted by molar-refractivity contribution is 0.996. The van der Waals surface area contributed by atoms with Gasteiger partial charge in [-0.1, -0.05) is 35.0 Å². The lowest BCUT2D eigenvalue weighted by Gasteiger charge is -2.07. The van der Waals surface area contributed by atoms with Crippen LogP contribution in [0.25, 0.3) is 11.3 Å². The smallest absolute Gasteiger partial charge is 0.125 e. The molecule has 0 atom stereocenters. The van der Waals surface area contributed by atoms with Gasteiger partial charge in [0.05, 0.1) is 5.69 Å². The highest BCUT2D eigenvalue weighted by Gasteiger charge is 2.06. The number of halogens is 1. The number of aromatic nitrogens is 2. The number of rotatable bonds is 2. The molecule has 0 radical (unpaired) electrons. The first-order chi connectivity index (χ1) is 7.70. The quantitative estimate of drug-likeness (QED) is 0.834. The van der Waals surface area contributed by atoms with Crippen molar-refractivity contribution in [3.8, 4) is 11.3 Å². The van der Waals surface area contributed by atoms with E-state index in [2.05, 4.69) is 45.0 Å². The molecule has 0 aliphatic rings. The first kappa shape index (κ1) is 11.3. The molecule has 1 aromatic carbocycles. The monoisotopic (exact) mass is 276 g/mol. The highest BCUT2D eigenvalue weighted by Crippen LogP contribution is 2.24. The lowest BCUT2D eigenvalue weighted by atomic mass is 10.1. The van der Waals surface area contributed by atoms with Gasteiger partial charge in [0.1, 0.15) is 5.82 Å². The summed E-state index contributed by atoms with van der Waals surface area (Å²) < 4.78 is 1.07. The molecule has 0 aliphatic carbocycles. The van der Waals surface area contributed by atoms with Crippen molar-refractivity contribution in [3.05, 3.63) is 46.3 Å². The summed E-state index contributed by atoms with van der Waals surface area (Å²) in [6, 6.07) is 8.20. The van der Waals surface area contributed by atoms with Gasteiger partial charge in [-0.2, -0.15) is 0 Å². The van der Waals surface area contributed by atoms with Crippen LogP contribution in [-0.4, -0.2) is 9.97 Å². The zero-order valence-corrected chi connectivity index (χ0v) is 11.0. The Bertz CT molecular complexity index is 509. The van der Waals surface area contributed by atoms with E-state index < -0.39 is 0 Å². The van der Waals surface area contributed by atoms with E-state index in [1.54, 1.807) is 0 Å². The molecule has 0 spiro atoms. The number of hydrogen-bond donors (Lipinski definition) is 0. The molecule has 0 fully saturated rings. The van der Waals surface area contributed by atoms with E-state index in [0.29, 0.717) is 0 Å². The molecule has 0 bridgehead atoms. The van der Waals surface area contributed by atoms with Gasteiger partial charge >= 0.3 is 0 Å². The second-order valence-corrected chi connectivity index (χ2v) is 4.57. The third-order valence-corrected chi connectivity index (χ3v) is 2.96. The summed E-state index contributed by atoms with van der Waals surface area (Å²) in [4.78, 5) is 8.76. The lowest BCUT2D eigenvalue weighted by Crippen LogP contribution is -1.96. The molecule has 1 heterocycles. The van der Waals surface area contributed by atoms with Gasteiger partial charge in [-0.25, -0.2) is 9.97 Å². The number of hydrogen-bond acceptors (Lipinski definition) is 2. The molecule has 3 heteroatoms. The van der Waals surface area contributed by atoms with Gasteiger partial charge < -0.3 is 0 Å². The predicted octanol–water partition coefficient (Wildman–Crippen LogP) is 3.78. The Morgan fingerprint density at radius 3 is 2.81 bits per heavy atom. The van der Waals surface area contributed by atoms with E-state index in [-0.39, 0.29) is 0 Å². The van der Waals surface area contributed by atoms with Gasteiger partial charge in [-0.05, 0) is 31.0 Å². The zero-order chi connectivity index (χ0) is 11.5. The van der Waals surface area contributed by atoms with Crippen LogP contribution in [0.3, 0.4) is 0 Å². The summed E-state index contributed by atoms with van der Waals surface area (Å²) in [6.07, 6.45) is 2.86. The van der Waals surface area contributed by atoms with E-state index in [1.165, 1.54) is 5.56 Å². The maximum Gasteiger partial charge on any atom is 0.125 e. The second-order valence-electron chi connectivity index (χ2n) is 3.65. The highest BCUT2D eigenvalue weighted by molar-refractivity contribution is 9.10. The fraction of sp³-hybridized carbons (Fsp3) is 0.231. The molecule has 0 saturated carbocycles. The molecule has 2 aromatic rings. The van der Waals surface area contributed by atoms with Gasteiger partial charge in [-0.15, -0.1) is 0 Å². The molecule has 82 valence electrons. The number of benzene rings is 1. The Morgan fingerprint density at radius 1 is 1.31 bits per heavy atom. The fourth-order valence-electron chi connectivity index (χ4n) is 1.64. The van der Waals surface area contributed by atoms with Crippen LogP contribution in [0, 0.1) is 6.92 Å². The Labute approximate surface area is 104 Å². The average Bonchev–Trinajstić information content (AvgIpc) is 2.29. The Balaban J connectivity index is 2.58. The maximum atomic E-state index is 4.52. The number of nitrogens with zero attached hydrogens (tertiary/aromatic N) is 2. The molecule has 1 aromatic heterocycles. The minimum absolute atomic E-state index is 0.812. The second kappa shape index (κ2) is 4.74. The summed E-state index contributed by atoms with van der Waals surface area (Å²) in [5, 5.41) is 0. The van der Waals surface area contributed by atoms with Crippen molar-refractivity contribution in [2.45, 2.75) is 20.3 Å². The van der Waals surface area contributed by atoms with E-state index in [0.717, 1.165) is 28.0 Å². The molecule has 16 heavy (non-hydrogen) atoms. The van der Waals surface area contributed by atoms with Crippen molar-refractivity contribution in [3.63, 3.8) is 0 Å². The van der Waals surface area contributed by atoms with E-state index in [9.17, 15) is 0 Å². The van der Waals surface area contributed by atoms with Gasteiger partial charge in [-0.3, -0.25) is 0 Å². The molecular weight excluding hydrogens is 264 g/mol. The van der Waals surface area contributed by atoms with Gasteiger partial charge in [0.25, 0.3) is 0 Å². The minimum Gasteiger partial charge on any atom is -0.241 e. The largest absolute Gasteiger partial charge is 0.241 e. The van der Waals surface area contributed by atoms with Crippen molar-refractivity contribution >= 4 is 15.9 Å². The summed E-state index contributed by atoms with van der Waals surface area (Å²) in [7, 11) is 0. The Kier molecular flexibility index (Phi) is 3.34. The minimum atomic E-state index is 0.812. The number of aryl methyl sites for hydroxylation is 2. The fourth-order valence-corrected chi connectivity index (χ4v) is 2.04. The van der Waals surface area contributed by atoms with E-state index in [1.807, 2.05) is 25.3 Å². The van der Waals surface area contributed by atoms with Crippen molar-refractivity contribution in [2.75, 3.05) is 0 Å². The molecule has 2 rings (SSSR count). The molecule has 0 amide bonds. The topological polar surface area (TPSA) is 25.8 Å². The van der Waals surface area contributed by atoms with Crippen LogP contribution >= 0.6 is 15.9 Å². The van der Waals surface area contributed by atoms with Crippen molar-refractivity contribution in [2.24, 2.45) is 0 Å². The molecule has 0 N–H and O–H groups in total. The highest BCUT2D eigenvalue weighted by atomic mass is 79.9. The summed E-state index contributed by atoms with van der Waals surface area (Å²) >= 11 is 3.48. The van der Waals surface area contributed by atoms with Crippen LogP contribution in [0.2, 0.25) is 0 Å². The molecular formula is C13H13BrN2. The van der Waals surface area contributed by atoms with Crippen LogP contribution in [0.4, 0.5) is 0 Å². The average molecular weight is 277 g/mol. The molecule has 0 saturated heterocycles. The van der Waals surface area contributed by atoms with E-state index >= 15 is 0 Å². The van der Waals surface area contributed by atoms with Gasteiger partial charge in [0.15, 0.2) is 0 Å². The van der Waals surface area contributed by atoms with Crippen LogP contribution in [-0.2, 0) is 6.42 Å². The normalized spacial score (nSPS) is 10.4.